The van der Waals surface area contributed by atoms with Gasteiger partial charge in [0, 0.05) is 43.6 Å². The molecule has 4 heterocycles. The van der Waals surface area contributed by atoms with Gasteiger partial charge in [-0.25, -0.2) is 19.8 Å². The quantitative estimate of drug-likeness (QED) is 0.157. The van der Waals surface area contributed by atoms with Gasteiger partial charge in [0.2, 0.25) is 0 Å². The first-order chi connectivity index (χ1) is 32.2. The molecule has 0 saturated carbocycles. The Hall–Kier alpha value is -9.12. The summed E-state index contributed by atoms with van der Waals surface area (Å²) in [6.07, 6.45) is 0. The van der Waals surface area contributed by atoms with Crippen LogP contribution in [0.1, 0.15) is 0 Å². The second-order valence-electron chi connectivity index (χ2n) is 16.3. The summed E-state index contributed by atoms with van der Waals surface area (Å²) < 4.78 is 7.20. The summed E-state index contributed by atoms with van der Waals surface area (Å²) >= 11 is 0. The molecule has 65 heavy (non-hydrogen) atoms. The van der Waals surface area contributed by atoms with Crippen molar-refractivity contribution in [1.29, 1.82) is 0 Å². The van der Waals surface area contributed by atoms with E-state index in [1.807, 2.05) is 72.8 Å². The van der Waals surface area contributed by atoms with Crippen LogP contribution in [-0.4, -0.2) is 28.7 Å². The Bertz CT molecular complexity index is 3970. The average molecular weight is 830 g/mol. The highest BCUT2D eigenvalue weighted by molar-refractivity contribution is 6.19. The largest absolute Gasteiger partial charge is 0.309 e. The van der Waals surface area contributed by atoms with Crippen molar-refractivity contribution in [1.82, 2.24) is 28.7 Å². The van der Waals surface area contributed by atoms with E-state index in [-0.39, 0.29) is 0 Å². The minimum Gasteiger partial charge on any atom is -0.309 e. The van der Waals surface area contributed by atoms with Crippen molar-refractivity contribution >= 4 is 71.1 Å². The second kappa shape index (κ2) is 14.5. The van der Waals surface area contributed by atoms with Crippen molar-refractivity contribution in [3.63, 3.8) is 0 Å². The van der Waals surface area contributed by atoms with Gasteiger partial charge < -0.3 is 13.7 Å². The van der Waals surface area contributed by atoms with Gasteiger partial charge in [-0.15, -0.1) is 0 Å². The van der Waals surface area contributed by atoms with Gasteiger partial charge in [0.15, 0.2) is 23.2 Å². The Morgan fingerprint density at radius 2 is 0.800 bits per heavy atom. The Kier molecular flexibility index (Phi) is 8.14. The summed E-state index contributed by atoms with van der Waals surface area (Å²) in [6, 6.07) is 73.9. The van der Waals surface area contributed by atoms with Crippen molar-refractivity contribution in [2.45, 2.75) is 0 Å². The molecule has 13 aromatic rings. The third-order valence-corrected chi connectivity index (χ3v) is 12.7. The molecule has 302 valence electrons. The van der Waals surface area contributed by atoms with Crippen molar-refractivity contribution in [3.05, 3.63) is 224 Å². The smallest absolute Gasteiger partial charge is 0.188 e. The van der Waals surface area contributed by atoms with Crippen LogP contribution >= 0.6 is 0 Å². The fourth-order valence-electron chi connectivity index (χ4n) is 9.95. The zero-order chi connectivity index (χ0) is 43.0. The molecule has 0 unspecified atom stereocenters. The molecule has 13 rings (SSSR count). The molecule has 0 aliphatic rings. The van der Waals surface area contributed by atoms with Crippen molar-refractivity contribution < 1.29 is 0 Å². The number of aromatic nitrogens is 6. The molecule has 0 saturated heterocycles. The standard InChI is InChI=1S/C58H35N7/c1-59-39-34-35-50-45(36-39)42-24-10-14-29-48(42)64(50)53-33-16-26-44-54-51(63-46-27-12-8-22-40(46)41-23-9-13-28-47(41)63)31-17-32-52(54)65(55(44)53)49-30-15-11-25-43(49)58-61-56(37-18-4-2-5-19-37)60-57(62-58)38-20-6-3-7-21-38/h2-36H. The molecular formula is C58H35N7. The zero-order valence-corrected chi connectivity index (χ0v) is 34.8. The van der Waals surface area contributed by atoms with Gasteiger partial charge >= 0.3 is 0 Å². The molecule has 7 heteroatoms. The Labute approximate surface area is 373 Å². The van der Waals surface area contributed by atoms with Crippen molar-refractivity contribution in [3.8, 4) is 51.2 Å². The van der Waals surface area contributed by atoms with Gasteiger partial charge in [0.25, 0.3) is 0 Å². The summed E-state index contributed by atoms with van der Waals surface area (Å²) in [4.78, 5) is 19.4. The third-order valence-electron chi connectivity index (χ3n) is 12.7. The van der Waals surface area contributed by atoms with E-state index in [2.05, 4.69) is 158 Å². The molecule has 0 atom stereocenters. The summed E-state index contributed by atoms with van der Waals surface area (Å²) in [7, 11) is 0. The van der Waals surface area contributed by atoms with Crippen LogP contribution in [0.5, 0.6) is 0 Å². The third kappa shape index (κ3) is 5.58. The minimum atomic E-state index is 0.572. The van der Waals surface area contributed by atoms with E-state index in [0.717, 1.165) is 88.4 Å². The van der Waals surface area contributed by atoms with E-state index < -0.39 is 0 Å². The maximum atomic E-state index is 7.88. The van der Waals surface area contributed by atoms with Crippen LogP contribution in [0, 0.1) is 6.57 Å². The molecule has 7 nitrogen and oxygen atoms in total. The zero-order valence-electron chi connectivity index (χ0n) is 34.8. The van der Waals surface area contributed by atoms with Crippen LogP contribution < -0.4 is 0 Å². The highest BCUT2D eigenvalue weighted by atomic mass is 15.1. The Morgan fingerprint density at radius 3 is 1.45 bits per heavy atom. The van der Waals surface area contributed by atoms with Crippen LogP contribution in [0.2, 0.25) is 0 Å². The molecule has 0 N–H and O–H groups in total. The number of para-hydroxylation sites is 5. The number of fused-ring (bicyclic) bond motifs is 9. The monoisotopic (exact) mass is 829 g/mol. The number of hydrogen-bond donors (Lipinski definition) is 0. The summed E-state index contributed by atoms with van der Waals surface area (Å²) in [5.41, 5.74) is 12.8. The molecule has 0 aliphatic heterocycles. The first-order valence-electron chi connectivity index (χ1n) is 21.7. The van der Waals surface area contributed by atoms with Crippen LogP contribution in [0.4, 0.5) is 5.69 Å². The first-order valence-corrected chi connectivity index (χ1v) is 21.7. The van der Waals surface area contributed by atoms with Gasteiger partial charge in [-0.1, -0.05) is 152 Å². The second-order valence-corrected chi connectivity index (χ2v) is 16.3. The fourth-order valence-corrected chi connectivity index (χ4v) is 9.95. The molecule has 0 bridgehead atoms. The number of rotatable bonds is 6. The fraction of sp³-hybridized carbons (Fsp3) is 0. The molecular weight excluding hydrogens is 795 g/mol. The average Bonchev–Trinajstić information content (AvgIpc) is 4.02. The molecule has 0 fully saturated rings. The topological polar surface area (TPSA) is 57.8 Å². The van der Waals surface area contributed by atoms with E-state index in [0.29, 0.717) is 23.2 Å². The van der Waals surface area contributed by atoms with Gasteiger partial charge in [-0.05, 0) is 66.0 Å². The Balaban J connectivity index is 1.18. The molecule has 0 aliphatic carbocycles. The molecule has 4 aromatic heterocycles. The molecule has 0 radical (unpaired) electrons. The van der Waals surface area contributed by atoms with E-state index in [4.69, 9.17) is 21.5 Å². The lowest BCUT2D eigenvalue weighted by atomic mass is 10.1. The Morgan fingerprint density at radius 1 is 0.338 bits per heavy atom. The summed E-state index contributed by atoms with van der Waals surface area (Å²) in [6.45, 7) is 7.88. The van der Waals surface area contributed by atoms with Crippen LogP contribution in [0.15, 0.2) is 212 Å². The highest BCUT2D eigenvalue weighted by Crippen LogP contribution is 2.45. The number of hydrogen-bond acceptors (Lipinski definition) is 3. The van der Waals surface area contributed by atoms with Gasteiger partial charge in [0.1, 0.15) is 0 Å². The maximum absolute atomic E-state index is 7.88. The van der Waals surface area contributed by atoms with E-state index >= 15 is 0 Å². The van der Waals surface area contributed by atoms with Gasteiger partial charge in [-0.3, -0.25) is 0 Å². The number of nitrogens with zero attached hydrogens (tertiary/aromatic N) is 7. The molecule has 0 spiro atoms. The lowest BCUT2D eigenvalue weighted by Crippen LogP contribution is -2.05. The number of benzene rings is 9. The van der Waals surface area contributed by atoms with Crippen LogP contribution in [0.25, 0.3) is 121 Å². The minimum absolute atomic E-state index is 0.572. The maximum Gasteiger partial charge on any atom is 0.188 e. The molecule has 0 amide bonds. The van der Waals surface area contributed by atoms with Crippen molar-refractivity contribution in [2.24, 2.45) is 0 Å². The lowest BCUT2D eigenvalue weighted by Gasteiger charge is -2.17. The van der Waals surface area contributed by atoms with Crippen LogP contribution in [0.3, 0.4) is 0 Å². The van der Waals surface area contributed by atoms with E-state index in [1.165, 1.54) is 10.8 Å². The van der Waals surface area contributed by atoms with Crippen molar-refractivity contribution in [2.75, 3.05) is 0 Å². The first kappa shape index (κ1) is 36.5. The predicted octanol–water partition coefficient (Wildman–Crippen LogP) is 14.7. The lowest BCUT2D eigenvalue weighted by molar-refractivity contribution is 1.06. The summed E-state index contributed by atoms with van der Waals surface area (Å²) in [5, 5.41) is 6.75. The predicted molar refractivity (Wildman–Crippen MR) is 265 cm³/mol. The van der Waals surface area contributed by atoms with Gasteiger partial charge in [-0.2, -0.15) is 0 Å². The molecule has 9 aromatic carbocycles. The van der Waals surface area contributed by atoms with Crippen LogP contribution in [-0.2, 0) is 0 Å². The van der Waals surface area contributed by atoms with E-state index in [9.17, 15) is 0 Å². The van der Waals surface area contributed by atoms with Gasteiger partial charge in [0.05, 0.1) is 56.7 Å². The highest BCUT2D eigenvalue weighted by Gasteiger charge is 2.25. The summed E-state index contributed by atoms with van der Waals surface area (Å²) in [5.74, 6) is 1.78. The SMILES string of the molecule is [C-]#[N+]c1ccc2c(c1)c1ccccc1n2-c1cccc2c3c(-n4c5ccccc5c5ccccc54)cccc3n(-c3ccccc3-c3nc(-c4ccccc4)nc(-c4ccccc4)n3)c12. The normalized spacial score (nSPS) is 11.7. The van der Waals surface area contributed by atoms with E-state index in [1.54, 1.807) is 0 Å².